The maximum atomic E-state index is 9.54. The van der Waals surface area contributed by atoms with Gasteiger partial charge in [-0.25, -0.2) is 4.98 Å². The lowest BCUT2D eigenvalue weighted by Crippen LogP contribution is -2.10. The molecule has 0 amide bonds. The summed E-state index contributed by atoms with van der Waals surface area (Å²) >= 11 is 1.50. The van der Waals surface area contributed by atoms with E-state index >= 15 is 0 Å². The van der Waals surface area contributed by atoms with Crippen LogP contribution in [-0.2, 0) is 0 Å². The number of hydrogen-bond acceptors (Lipinski definition) is 4. The number of aromatic nitrogens is 1. The predicted molar refractivity (Wildman–Crippen MR) is 58.4 cm³/mol. The number of benzene rings is 1. The molecule has 74 valence electrons. The topological polar surface area (TPSA) is 59.1 Å². The lowest BCUT2D eigenvalue weighted by molar-refractivity contribution is 0.186. The number of hydrogen-bond donors (Lipinski definition) is 2. The van der Waals surface area contributed by atoms with E-state index in [9.17, 15) is 5.11 Å². The molecule has 4 heteroatoms. The molecule has 0 saturated heterocycles. The third-order valence-corrected chi connectivity index (χ3v) is 3.27. The molecule has 2 rings (SSSR count). The van der Waals surface area contributed by atoms with Crippen molar-refractivity contribution in [3.63, 3.8) is 0 Å². The molecule has 1 aromatic heterocycles. The molecule has 1 aromatic carbocycles. The van der Waals surface area contributed by atoms with E-state index in [1.54, 1.807) is 0 Å². The molecule has 14 heavy (non-hydrogen) atoms. The average Bonchev–Trinajstić information content (AvgIpc) is 2.62. The van der Waals surface area contributed by atoms with E-state index in [1.165, 1.54) is 11.3 Å². The quantitative estimate of drug-likeness (QED) is 0.788. The maximum absolute atomic E-state index is 9.54. The van der Waals surface area contributed by atoms with E-state index in [2.05, 4.69) is 4.98 Å². The predicted octanol–water partition coefficient (Wildman–Crippen LogP) is 1.60. The van der Waals surface area contributed by atoms with Crippen LogP contribution in [0, 0.1) is 6.92 Å². The van der Waals surface area contributed by atoms with Crippen LogP contribution < -0.4 is 5.73 Å². The first-order chi connectivity index (χ1) is 6.72. The number of nitrogens with zero attached hydrogens (tertiary/aromatic N) is 1. The van der Waals surface area contributed by atoms with Gasteiger partial charge in [0.1, 0.15) is 11.1 Å². The maximum Gasteiger partial charge on any atom is 0.124 e. The number of aliphatic hydroxyl groups excluding tert-OH is 1. The van der Waals surface area contributed by atoms with Gasteiger partial charge < -0.3 is 10.8 Å². The summed E-state index contributed by atoms with van der Waals surface area (Å²) in [6, 6.07) is 6.02. The Balaban J connectivity index is 2.56. The highest BCUT2D eigenvalue weighted by atomic mass is 32.1. The van der Waals surface area contributed by atoms with Crippen LogP contribution in [0.5, 0.6) is 0 Å². The zero-order valence-electron chi connectivity index (χ0n) is 7.90. The van der Waals surface area contributed by atoms with Crippen LogP contribution in [0.15, 0.2) is 18.2 Å². The van der Waals surface area contributed by atoms with Crippen LogP contribution in [0.4, 0.5) is 0 Å². The number of nitrogens with two attached hydrogens (primary N) is 1. The first-order valence-electron chi connectivity index (χ1n) is 4.46. The highest BCUT2D eigenvalue weighted by Gasteiger charge is 2.11. The van der Waals surface area contributed by atoms with Gasteiger partial charge in [-0.1, -0.05) is 12.1 Å². The summed E-state index contributed by atoms with van der Waals surface area (Å²) in [5.74, 6) is 0. The summed E-state index contributed by atoms with van der Waals surface area (Å²) in [7, 11) is 0. The number of rotatable bonds is 2. The van der Waals surface area contributed by atoms with Gasteiger partial charge in [0.05, 0.1) is 10.2 Å². The molecule has 0 aliphatic rings. The molecule has 2 aromatic rings. The molecule has 0 aliphatic carbocycles. The fraction of sp³-hybridized carbons (Fsp3) is 0.300. The van der Waals surface area contributed by atoms with Crippen molar-refractivity contribution in [2.24, 2.45) is 5.73 Å². The van der Waals surface area contributed by atoms with Crippen LogP contribution >= 0.6 is 11.3 Å². The molecule has 0 fully saturated rings. The van der Waals surface area contributed by atoms with Gasteiger partial charge in [-0.3, -0.25) is 0 Å². The summed E-state index contributed by atoms with van der Waals surface area (Å²) in [5, 5.41) is 10.2. The molecular weight excluding hydrogens is 196 g/mol. The first kappa shape index (κ1) is 9.58. The summed E-state index contributed by atoms with van der Waals surface area (Å²) < 4.78 is 1.10. The van der Waals surface area contributed by atoms with Crippen molar-refractivity contribution in [1.82, 2.24) is 4.98 Å². The number of aliphatic hydroxyl groups is 1. The van der Waals surface area contributed by atoms with E-state index in [-0.39, 0.29) is 6.54 Å². The van der Waals surface area contributed by atoms with E-state index in [4.69, 9.17) is 5.73 Å². The number of para-hydroxylation sites is 1. The monoisotopic (exact) mass is 208 g/mol. The molecule has 0 saturated carbocycles. The molecule has 0 aliphatic heterocycles. The largest absolute Gasteiger partial charge is 0.385 e. The zero-order valence-corrected chi connectivity index (χ0v) is 8.71. The highest BCUT2D eigenvalue weighted by Crippen LogP contribution is 2.27. The summed E-state index contributed by atoms with van der Waals surface area (Å²) in [5.41, 5.74) is 7.49. The van der Waals surface area contributed by atoms with Gasteiger partial charge in [0.15, 0.2) is 0 Å². The Morgan fingerprint density at radius 2 is 2.36 bits per heavy atom. The van der Waals surface area contributed by atoms with Gasteiger partial charge in [-0.05, 0) is 18.6 Å². The molecule has 1 unspecified atom stereocenters. The normalized spacial score (nSPS) is 13.4. The third-order valence-electron chi connectivity index (χ3n) is 2.15. The minimum atomic E-state index is -0.633. The highest BCUT2D eigenvalue weighted by molar-refractivity contribution is 7.18. The molecular formula is C10H12N2OS. The van der Waals surface area contributed by atoms with Crippen molar-refractivity contribution in [3.8, 4) is 0 Å². The van der Waals surface area contributed by atoms with Crippen LogP contribution in [-0.4, -0.2) is 16.6 Å². The lowest BCUT2D eigenvalue weighted by Gasteiger charge is -2.00. The Labute approximate surface area is 86.2 Å². The number of aryl methyl sites for hydroxylation is 1. The molecule has 1 heterocycles. The van der Waals surface area contributed by atoms with E-state index in [0.29, 0.717) is 5.01 Å². The van der Waals surface area contributed by atoms with Crippen LogP contribution in [0.3, 0.4) is 0 Å². The molecule has 1 atom stereocenters. The fourth-order valence-electron chi connectivity index (χ4n) is 1.35. The van der Waals surface area contributed by atoms with E-state index in [0.717, 1.165) is 15.8 Å². The van der Waals surface area contributed by atoms with Crippen molar-refractivity contribution in [2.75, 3.05) is 6.54 Å². The number of fused-ring (bicyclic) bond motifs is 1. The van der Waals surface area contributed by atoms with Crippen molar-refractivity contribution in [3.05, 3.63) is 28.8 Å². The first-order valence-corrected chi connectivity index (χ1v) is 5.28. The molecule has 3 nitrogen and oxygen atoms in total. The van der Waals surface area contributed by atoms with Gasteiger partial charge in [0, 0.05) is 6.54 Å². The van der Waals surface area contributed by atoms with Crippen molar-refractivity contribution < 1.29 is 5.11 Å². The Hall–Kier alpha value is -0.970. The Morgan fingerprint density at radius 3 is 3.00 bits per heavy atom. The summed E-state index contributed by atoms with van der Waals surface area (Å²) in [6.07, 6.45) is -0.633. The Bertz CT molecular complexity index is 452. The second kappa shape index (κ2) is 3.65. The standard InChI is InChI=1S/C10H12N2OS/c1-6-3-2-4-8-9(6)12-10(14-8)7(13)5-11/h2-4,7,13H,5,11H2,1H3. The van der Waals surface area contributed by atoms with Crippen molar-refractivity contribution in [1.29, 1.82) is 0 Å². The van der Waals surface area contributed by atoms with Gasteiger partial charge >= 0.3 is 0 Å². The van der Waals surface area contributed by atoms with E-state index < -0.39 is 6.10 Å². The van der Waals surface area contributed by atoms with Gasteiger partial charge in [-0.15, -0.1) is 11.3 Å². The molecule has 0 spiro atoms. The Kier molecular flexibility index (Phi) is 2.50. The SMILES string of the molecule is Cc1cccc2sc(C(O)CN)nc12. The smallest absolute Gasteiger partial charge is 0.124 e. The summed E-state index contributed by atoms with van der Waals surface area (Å²) in [6.45, 7) is 2.24. The van der Waals surface area contributed by atoms with Gasteiger partial charge in [0.2, 0.25) is 0 Å². The lowest BCUT2D eigenvalue weighted by atomic mass is 10.2. The minimum Gasteiger partial charge on any atom is -0.385 e. The second-order valence-corrected chi connectivity index (χ2v) is 4.29. The van der Waals surface area contributed by atoms with Crippen molar-refractivity contribution >= 4 is 21.6 Å². The third kappa shape index (κ3) is 1.52. The number of thiazole rings is 1. The Morgan fingerprint density at radius 1 is 1.57 bits per heavy atom. The summed E-state index contributed by atoms with van der Waals surface area (Å²) in [4.78, 5) is 4.37. The fourth-order valence-corrected chi connectivity index (χ4v) is 2.39. The zero-order chi connectivity index (χ0) is 10.1. The molecule has 0 radical (unpaired) electrons. The average molecular weight is 208 g/mol. The van der Waals surface area contributed by atoms with E-state index in [1.807, 2.05) is 25.1 Å². The molecule has 0 bridgehead atoms. The van der Waals surface area contributed by atoms with Gasteiger partial charge in [-0.2, -0.15) is 0 Å². The second-order valence-electron chi connectivity index (χ2n) is 3.23. The van der Waals surface area contributed by atoms with Crippen LogP contribution in [0.2, 0.25) is 0 Å². The van der Waals surface area contributed by atoms with Gasteiger partial charge in [0.25, 0.3) is 0 Å². The van der Waals surface area contributed by atoms with Crippen LogP contribution in [0.25, 0.3) is 10.2 Å². The molecule has 3 N–H and O–H groups in total. The minimum absolute atomic E-state index is 0.221. The van der Waals surface area contributed by atoms with Crippen LogP contribution in [0.1, 0.15) is 16.7 Å². The van der Waals surface area contributed by atoms with Crippen molar-refractivity contribution in [2.45, 2.75) is 13.0 Å².